The van der Waals surface area contributed by atoms with Gasteiger partial charge in [-0.1, -0.05) is 36.4 Å². The van der Waals surface area contributed by atoms with Crippen LogP contribution >= 0.6 is 11.8 Å². The maximum atomic E-state index is 13.0. The van der Waals surface area contributed by atoms with Crippen molar-refractivity contribution in [1.82, 2.24) is 4.90 Å². The van der Waals surface area contributed by atoms with Crippen molar-refractivity contribution in [2.75, 3.05) is 20.8 Å². The summed E-state index contributed by atoms with van der Waals surface area (Å²) in [4.78, 5) is 31.4. The summed E-state index contributed by atoms with van der Waals surface area (Å²) >= 11 is 1.29. The number of fused-ring (bicyclic) bond motifs is 1. The van der Waals surface area contributed by atoms with Crippen LogP contribution in [0.4, 0.5) is 5.69 Å². The molecular formula is C25H22N2O4S. The van der Waals surface area contributed by atoms with E-state index in [0.29, 0.717) is 27.9 Å². The summed E-state index contributed by atoms with van der Waals surface area (Å²) < 4.78 is 10.6. The van der Waals surface area contributed by atoms with Crippen LogP contribution in [0, 0.1) is 0 Å². The van der Waals surface area contributed by atoms with Gasteiger partial charge < -0.3 is 9.47 Å². The minimum atomic E-state index is -0.435. The first-order valence-electron chi connectivity index (χ1n) is 10.1. The Labute approximate surface area is 190 Å². The number of amidine groups is 1. The Morgan fingerprint density at radius 1 is 1.12 bits per heavy atom. The topological polar surface area (TPSA) is 68.2 Å². The molecule has 1 amide bonds. The van der Waals surface area contributed by atoms with Gasteiger partial charge in [-0.25, -0.2) is 9.79 Å². The second-order valence-electron chi connectivity index (χ2n) is 7.04. The van der Waals surface area contributed by atoms with Crippen LogP contribution in [0.1, 0.15) is 22.8 Å². The van der Waals surface area contributed by atoms with Crippen LogP contribution in [0.25, 0.3) is 16.8 Å². The summed E-state index contributed by atoms with van der Waals surface area (Å²) in [6.07, 6.45) is 1.87. The molecule has 0 aromatic heterocycles. The summed E-state index contributed by atoms with van der Waals surface area (Å²) in [5.74, 6) is 0.148. The highest BCUT2D eigenvalue weighted by Gasteiger charge is 2.31. The van der Waals surface area contributed by atoms with Gasteiger partial charge in [-0.05, 0) is 59.8 Å². The molecule has 32 heavy (non-hydrogen) atoms. The number of rotatable bonds is 5. The van der Waals surface area contributed by atoms with Crippen LogP contribution in [0.15, 0.2) is 70.6 Å². The van der Waals surface area contributed by atoms with Crippen LogP contribution in [-0.2, 0) is 9.53 Å². The van der Waals surface area contributed by atoms with E-state index in [0.717, 1.165) is 22.1 Å². The zero-order valence-corrected chi connectivity index (χ0v) is 18.8. The standard InChI is InChI=1S/C25H22N2O4S/c1-4-31-21-13-12-16-8-5-6-11-19(16)20(21)15-22-23(28)27(2)25(32-22)26-18-10-7-9-17(14-18)24(29)30-3/h5-15H,4H2,1-3H3. The Kier molecular flexibility index (Phi) is 6.28. The molecule has 7 heteroatoms. The van der Waals surface area contributed by atoms with Crippen molar-refractivity contribution in [3.63, 3.8) is 0 Å². The summed E-state index contributed by atoms with van der Waals surface area (Å²) in [5.41, 5.74) is 1.83. The fourth-order valence-electron chi connectivity index (χ4n) is 3.42. The van der Waals surface area contributed by atoms with Crippen LogP contribution in [0.5, 0.6) is 5.75 Å². The molecule has 0 unspecified atom stereocenters. The van der Waals surface area contributed by atoms with Gasteiger partial charge in [0.05, 0.1) is 29.9 Å². The quantitative estimate of drug-likeness (QED) is 0.395. The van der Waals surface area contributed by atoms with E-state index in [9.17, 15) is 9.59 Å². The lowest BCUT2D eigenvalue weighted by Gasteiger charge is -2.11. The maximum Gasteiger partial charge on any atom is 0.337 e. The van der Waals surface area contributed by atoms with Crippen molar-refractivity contribution < 1.29 is 19.1 Å². The summed E-state index contributed by atoms with van der Waals surface area (Å²) in [6.45, 7) is 2.46. The summed E-state index contributed by atoms with van der Waals surface area (Å²) in [5, 5.41) is 2.61. The average molecular weight is 447 g/mol. The number of thioether (sulfide) groups is 1. The van der Waals surface area contributed by atoms with Crippen molar-refractivity contribution in [3.05, 3.63) is 76.7 Å². The molecule has 4 rings (SSSR count). The molecule has 6 nitrogen and oxygen atoms in total. The largest absolute Gasteiger partial charge is 0.493 e. The molecule has 3 aromatic rings. The normalized spacial score (nSPS) is 16.2. The molecule has 1 saturated heterocycles. The molecule has 0 atom stereocenters. The number of carbonyl (C=O) groups is 2. The highest BCUT2D eigenvalue weighted by molar-refractivity contribution is 8.18. The summed E-state index contributed by atoms with van der Waals surface area (Å²) in [6, 6.07) is 18.7. The first kappa shape index (κ1) is 21.6. The molecule has 3 aromatic carbocycles. The van der Waals surface area contributed by atoms with Crippen molar-refractivity contribution in [3.8, 4) is 5.75 Å². The second kappa shape index (κ2) is 9.28. The molecule has 0 radical (unpaired) electrons. The summed E-state index contributed by atoms with van der Waals surface area (Å²) in [7, 11) is 3.02. The zero-order chi connectivity index (χ0) is 22.7. The Morgan fingerprint density at radius 2 is 1.94 bits per heavy atom. The van der Waals surface area contributed by atoms with E-state index >= 15 is 0 Å². The van der Waals surface area contributed by atoms with Crippen molar-refractivity contribution in [2.24, 2.45) is 4.99 Å². The van der Waals surface area contributed by atoms with Gasteiger partial charge >= 0.3 is 5.97 Å². The molecule has 0 bridgehead atoms. The van der Waals surface area contributed by atoms with Crippen molar-refractivity contribution >= 4 is 51.3 Å². The predicted octanol–water partition coefficient (Wildman–Crippen LogP) is 5.26. The molecule has 1 heterocycles. The van der Waals surface area contributed by atoms with Gasteiger partial charge in [0, 0.05) is 12.6 Å². The van der Waals surface area contributed by atoms with E-state index in [1.165, 1.54) is 23.8 Å². The monoisotopic (exact) mass is 446 g/mol. The molecule has 0 spiro atoms. The van der Waals surface area contributed by atoms with Crippen molar-refractivity contribution in [2.45, 2.75) is 6.92 Å². The highest BCUT2D eigenvalue weighted by atomic mass is 32.2. The highest BCUT2D eigenvalue weighted by Crippen LogP contribution is 2.37. The number of esters is 1. The van der Waals surface area contributed by atoms with E-state index in [2.05, 4.69) is 4.99 Å². The number of methoxy groups -OCH3 is 1. The van der Waals surface area contributed by atoms with E-state index in [1.807, 2.05) is 49.4 Å². The van der Waals surface area contributed by atoms with Gasteiger partial charge in [-0.3, -0.25) is 9.69 Å². The van der Waals surface area contributed by atoms with Gasteiger partial charge in [0.1, 0.15) is 5.75 Å². The fourth-order valence-corrected chi connectivity index (χ4v) is 4.39. The maximum absolute atomic E-state index is 13.0. The van der Waals surface area contributed by atoms with Gasteiger partial charge in [-0.2, -0.15) is 0 Å². The first-order chi connectivity index (χ1) is 15.5. The number of benzene rings is 3. The predicted molar refractivity (Wildman–Crippen MR) is 128 cm³/mol. The van der Waals surface area contributed by atoms with Crippen LogP contribution < -0.4 is 4.74 Å². The number of hydrogen-bond acceptors (Lipinski definition) is 6. The lowest BCUT2D eigenvalue weighted by molar-refractivity contribution is -0.121. The Bertz CT molecular complexity index is 1270. The third-order valence-electron chi connectivity index (χ3n) is 5.00. The zero-order valence-electron chi connectivity index (χ0n) is 18.0. The minimum Gasteiger partial charge on any atom is -0.493 e. The third kappa shape index (κ3) is 4.24. The van der Waals surface area contributed by atoms with E-state index in [4.69, 9.17) is 9.47 Å². The van der Waals surface area contributed by atoms with Crippen LogP contribution in [-0.4, -0.2) is 42.7 Å². The van der Waals surface area contributed by atoms with Gasteiger partial charge in [0.25, 0.3) is 5.91 Å². The Hall–Kier alpha value is -3.58. The van der Waals surface area contributed by atoms with Crippen molar-refractivity contribution in [1.29, 1.82) is 0 Å². The van der Waals surface area contributed by atoms with Crippen LogP contribution in [0.2, 0.25) is 0 Å². The number of carbonyl (C=O) groups excluding carboxylic acids is 2. The number of ether oxygens (including phenoxy) is 2. The molecule has 162 valence electrons. The molecule has 0 aliphatic carbocycles. The van der Waals surface area contributed by atoms with Gasteiger partial charge in [0.2, 0.25) is 0 Å². The molecule has 1 aliphatic rings. The fraction of sp³-hybridized carbons (Fsp3) is 0.160. The van der Waals surface area contributed by atoms with Gasteiger partial charge in [-0.15, -0.1) is 0 Å². The lowest BCUT2D eigenvalue weighted by Crippen LogP contribution is -2.23. The molecule has 1 aliphatic heterocycles. The SMILES string of the molecule is CCOc1ccc2ccccc2c1C=C1SC(=Nc2cccc(C(=O)OC)c2)N(C)C1=O. The Balaban J connectivity index is 1.73. The van der Waals surface area contributed by atoms with Crippen LogP contribution in [0.3, 0.4) is 0 Å². The lowest BCUT2D eigenvalue weighted by atomic mass is 10.0. The number of nitrogens with zero attached hydrogens (tertiary/aromatic N) is 2. The number of likely N-dealkylation sites (N-methyl/N-ethyl adjacent to an activating group) is 1. The molecule has 1 fully saturated rings. The van der Waals surface area contributed by atoms with Gasteiger partial charge in [0.15, 0.2) is 5.17 Å². The second-order valence-corrected chi connectivity index (χ2v) is 8.05. The molecular weight excluding hydrogens is 424 g/mol. The van der Waals surface area contributed by atoms with E-state index in [1.54, 1.807) is 31.3 Å². The number of amides is 1. The van der Waals surface area contributed by atoms with E-state index in [-0.39, 0.29) is 5.91 Å². The molecule has 0 saturated carbocycles. The Morgan fingerprint density at radius 3 is 2.72 bits per heavy atom. The average Bonchev–Trinajstić information content (AvgIpc) is 3.08. The smallest absolute Gasteiger partial charge is 0.337 e. The molecule has 0 N–H and O–H groups in total. The number of aliphatic imine (C=N–C) groups is 1. The number of hydrogen-bond donors (Lipinski definition) is 0. The third-order valence-corrected chi connectivity index (χ3v) is 6.06. The minimum absolute atomic E-state index is 0.145. The van der Waals surface area contributed by atoms with E-state index < -0.39 is 5.97 Å². The first-order valence-corrected chi connectivity index (χ1v) is 10.9.